The topological polar surface area (TPSA) is 20.2 Å². The fourth-order valence-electron chi connectivity index (χ4n) is 2.37. The molecular formula is C9H14O. The van der Waals surface area contributed by atoms with Gasteiger partial charge in [0.05, 0.1) is 0 Å². The van der Waals surface area contributed by atoms with Crippen LogP contribution in [0.15, 0.2) is 12.2 Å². The Morgan fingerprint density at radius 3 is 2.70 bits per heavy atom. The molecular weight excluding hydrogens is 124 g/mol. The van der Waals surface area contributed by atoms with E-state index in [9.17, 15) is 0 Å². The summed E-state index contributed by atoms with van der Waals surface area (Å²) in [6.45, 7) is 2.56. The normalized spacial score (nSPS) is 50.6. The number of hydrogen-bond acceptors (Lipinski definition) is 1. The summed E-state index contributed by atoms with van der Waals surface area (Å²) in [5.41, 5.74) is 0.222. The Morgan fingerprint density at radius 2 is 2.40 bits per heavy atom. The third-order valence-electron chi connectivity index (χ3n) is 3.16. The minimum absolute atomic E-state index is 0.222. The highest BCUT2D eigenvalue weighted by atomic mass is 16.3. The van der Waals surface area contributed by atoms with Crippen LogP contribution in [0, 0.1) is 17.3 Å². The molecule has 0 aliphatic heterocycles. The van der Waals surface area contributed by atoms with E-state index >= 15 is 0 Å². The third kappa shape index (κ3) is 0.671. The molecule has 0 amide bonds. The molecule has 0 radical (unpaired) electrons. The van der Waals surface area contributed by atoms with Crippen molar-refractivity contribution in [3.8, 4) is 0 Å². The highest BCUT2D eigenvalue weighted by Crippen LogP contribution is 2.51. The minimum atomic E-state index is 0.222. The monoisotopic (exact) mass is 138 g/mol. The van der Waals surface area contributed by atoms with E-state index in [0.29, 0.717) is 12.5 Å². The average molecular weight is 138 g/mol. The summed E-state index contributed by atoms with van der Waals surface area (Å²) in [5, 5.41) is 9.11. The summed E-state index contributed by atoms with van der Waals surface area (Å²) < 4.78 is 0. The Kier molecular flexibility index (Phi) is 1.19. The molecule has 0 spiro atoms. The largest absolute Gasteiger partial charge is 0.396 e. The van der Waals surface area contributed by atoms with Crippen LogP contribution in [-0.4, -0.2) is 11.7 Å². The first kappa shape index (κ1) is 6.41. The van der Waals surface area contributed by atoms with E-state index in [2.05, 4.69) is 19.1 Å². The van der Waals surface area contributed by atoms with Crippen LogP contribution in [0.25, 0.3) is 0 Å². The van der Waals surface area contributed by atoms with Crippen molar-refractivity contribution in [1.29, 1.82) is 0 Å². The van der Waals surface area contributed by atoms with Crippen LogP contribution in [0.2, 0.25) is 0 Å². The molecule has 1 fully saturated rings. The summed E-state index contributed by atoms with van der Waals surface area (Å²) in [6.07, 6.45) is 7.08. The molecule has 0 aromatic rings. The summed E-state index contributed by atoms with van der Waals surface area (Å²) >= 11 is 0. The first-order valence-corrected chi connectivity index (χ1v) is 4.04. The second-order valence-corrected chi connectivity index (χ2v) is 4.00. The number of allylic oxidation sites excluding steroid dienone is 2. The van der Waals surface area contributed by atoms with E-state index < -0.39 is 0 Å². The van der Waals surface area contributed by atoms with Gasteiger partial charge in [-0.3, -0.25) is 0 Å². The fraction of sp³-hybridized carbons (Fsp3) is 0.778. The van der Waals surface area contributed by atoms with Crippen molar-refractivity contribution in [2.75, 3.05) is 6.61 Å². The molecule has 1 saturated carbocycles. The number of rotatable bonds is 1. The highest BCUT2D eigenvalue weighted by molar-refractivity contribution is 5.14. The van der Waals surface area contributed by atoms with Crippen molar-refractivity contribution in [3.05, 3.63) is 12.2 Å². The number of hydrogen-bond donors (Lipinski definition) is 1. The SMILES string of the molecule is C[C@]1(CO)CC2C=CC1C2. The van der Waals surface area contributed by atoms with Crippen LogP contribution in [0.5, 0.6) is 0 Å². The van der Waals surface area contributed by atoms with Crippen LogP contribution in [0.1, 0.15) is 19.8 Å². The lowest BCUT2D eigenvalue weighted by Gasteiger charge is -2.28. The van der Waals surface area contributed by atoms with Crippen molar-refractivity contribution in [3.63, 3.8) is 0 Å². The van der Waals surface area contributed by atoms with Crippen LogP contribution in [-0.2, 0) is 0 Å². The smallest absolute Gasteiger partial charge is 0.0490 e. The molecule has 0 heterocycles. The first-order chi connectivity index (χ1) is 4.74. The Hall–Kier alpha value is -0.300. The molecule has 3 atom stereocenters. The molecule has 56 valence electrons. The zero-order valence-corrected chi connectivity index (χ0v) is 6.38. The molecule has 2 rings (SSSR count). The van der Waals surface area contributed by atoms with E-state index in [1.165, 1.54) is 12.8 Å². The Labute approximate surface area is 61.8 Å². The van der Waals surface area contributed by atoms with Gasteiger partial charge in [-0.05, 0) is 30.1 Å². The van der Waals surface area contributed by atoms with Gasteiger partial charge in [-0.1, -0.05) is 19.1 Å². The van der Waals surface area contributed by atoms with Gasteiger partial charge in [-0.25, -0.2) is 0 Å². The molecule has 0 saturated heterocycles. The van der Waals surface area contributed by atoms with E-state index in [4.69, 9.17) is 5.11 Å². The maximum Gasteiger partial charge on any atom is 0.0490 e. The van der Waals surface area contributed by atoms with E-state index in [-0.39, 0.29) is 5.41 Å². The fourth-order valence-corrected chi connectivity index (χ4v) is 2.37. The quantitative estimate of drug-likeness (QED) is 0.545. The van der Waals surface area contributed by atoms with Gasteiger partial charge in [0.25, 0.3) is 0 Å². The Bertz CT molecular complexity index is 174. The highest BCUT2D eigenvalue weighted by Gasteiger charge is 2.44. The molecule has 0 aromatic heterocycles. The average Bonchev–Trinajstić information content (AvgIpc) is 2.46. The Morgan fingerprint density at radius 1 is 1.60 bits per heavy atom. The number of aliphatic hydroxyl groups is 1. The molecule has 2 aliphatic carbocycles. The minimum Gasteiger partial charge on any atom is -0.396 e. The van der Waals surface area contributed by atoms with E-state index in [1.54, 1.807) is 0 Å². The van der Waals surface area contributed by atoms with Gasteiger partial charge in [-0.2, -0.15) is 0 Å². The van der Waals surface area contributed by atoms with Gasteiger partial charge in [0, 0.05) is 6.61 Å². The van der Waals surface area contributed by atoms with Gasteiger partial charge < -0.3 is 5.11 Å². The Balaban J connectivity index is 2.22. The van der Waals surface area contributed by atoms with Crippen molar-refractivity contribution in [2.24, 2.45) is 17.3 Å². The maximum absolute atomic E-state index is 9.11. The maximum atomic E-state index is 9.11. The molecule has 2 aliphatic rings. The molecule has 10 heavy (non-hydrogen) atoms. The lowest BCUT2D eigenvalue weighted by Crippen LogP contribution is -2.25. The van der Waals surface area contributed by atoms with Gasteiger partial charge >= 0.3 is 0 Å². The summed E-state index contributed by atoms with van der Waals surface area (Å²) in [5.74, 6) is 1.45. The summed E-state index contributed by atoms with van der Waals surface area (Å²) in [7, 11) is 0. The molecule has 0 aromatic carbocycles. The zero-order chi connectivity index (χ0) is 7.19. The summed E-state index contributed by atoms with van der Waals surface area (Å²) in [6, 6.07) is 0. The van der Waals surface area contributed by atoms with Crippen molar-refractivity contribution >= 4 is 0 Å². The van der Waals surface area contributed by atoms with Gasteiger partial charge in [0.1, 0.15) is 0 Å². The second kappa shape index (κ2) is 1.85. The van der Waals surface area contributed by atoms with Gasteiger partial charge in [0.2, 0.25) is 0 Å². The van der Waals surface area contributed by atoms with E-state index in [1.807, 2.05) is 0 Å². The number of fused-ring (bicyclic) bond motifs is 2. The summed E-state index contributed by atoms with van der Waals surface area (Å²) in [4.78, 5) is 0. The van der Waals surface area contributed by atoms with Crippen LogP contribution in [0.4, 0.5) is 0 Å². The van der Waals surface area contributed by atoms with Crippen LogP contribution >= 0.6 is 0 Å². The standard InChI is InChI=1S/C9H14O/c1-9(6-10)5-7-2-3-8(9)4-7/h2-3,7-8,10H,4-6H2,1H3/t7?,8?,9-/m1/s1. The van der Waals surface area contributed by atoms with Gasteiger partial charge in [-0.15, -0.1) is 0 Å². The third-order valence-corrected chi connectivity index (χ3v) is 3.16. The first-order valence-electron chi connectivity index (χ1n) is 4.04. The lowest BCUT2D eigenvalue weighted by atomic mass is 9.78. The molecule has 1 N–H and O–H groups in total. The van der Waals surface area contributed by atoms with Crippen molar-refractivity contribution in [2.45, 2.75) is 19.8 Å². The van der Waals surface area contributed by atoms with Crippen LogP contribution < -0.4 is 0 Å². The molecule has 1 nitrogen and oxygen atoms in total. The zero-order valence-electron chi connectivity index (χ0n) is 6.38. The van der Waals surface area contributed by atoms with Crippen molar-refractivity contribution < 1.29 is 5.11 Å². The van der Waals surface area contributed by atoms with Gasteiger partial charge in [0.15, 0.2) is 0 Å². The molecule has 2 unspecified atom stereocenters. The van der Waals surface area contributed by atoms with E-state index in [0.717, 1.165) is 5.92 Å². The molecule has 2 bridgehead atoms. The van der Waals surface area contributed by atoms with Crippen LogP contribution in [0.3, 0.4) is 0 Å². The molecule has 1 heteroatoms. The van der Waals surface area contributed by atoms with Crippen molar-refractivity contribution in [1.82, 2.24) is 0 Å². The predicted octanol–water partition coefficient (Wildman–Crippen LogP) is 1.58. The predicted molar refractivity (Wildman–Crippen MR) is 40.5 cm³/mol. The lowest BCUT2D eigenvalue weighted by molar-refractivity contribution is 0.116. The number of aliphatic hydroxyl groups excluding tert-OH is 1. The second-order valence-electron chi connectivity index (χ2n) is 4.00.